The number of amides is 2. The molecule has 0 bridgehead atoms. The van der Waals surface area contributed by atoms with Gasteiger partial charge in [-0.2, -0.15) is 0 Å². The summed E-state index contributed by atoms with van der Waals surface area (Å²) >= 11 is 3.44. The molecule has 30 heavy (non-hydrogen) atoms. The summed E-state index contributed by atoms with van der Waals surface area (Å²) < 4.78 is 6.46. The quantitative estimate of drug-likeness (QED) is 0.638. The van der Waals surface area contributed by atoms with Gasteiger partial charge in [-0.25, -0.2) is 0 Å². The maximum atomic E-state index is 13.2. The SMILES string of the molecule is CCOc1ccc(C(=O)N(CCC(=O)N2CCNCC2)Cc2ccc(Br)cc2)cc1. The standard InChI is InChI=1S/C23H28BrN3O3/c1-2-30-21-9-5-19(6-10-21)23(29)27(17-18-3-7-20(24)8-4-18)14-11-22(28)26-15-12-25-13-16-26/h3-10,25H,2,11-17H2,1H3. The number of piperazine rings is 1. The second-order valence-electron chi connectivity index (χ2n) is 7.19. The molecule has 0 radical (unpaired) electrons. The molecule has 0 aliphatic carbocycles. The van der Waals surface area contributed by atoms with Crippen molar-refractivity contribution in [1.82, 2.24) is 15.1 Å². The predicted molar refractivity (Wildman–Crippen MR) is 121 cm³/mol. The van der Waals surface area contributed by atoms with E-state index in [4.69, 9.17) is 4.74 Å². The third-order valence-corrected chi connectivity index (χ3v) is 5.58. The van der Waals surface area contributed by atoms with Crippen LogP contribution in [0.25, 0.3) is 0 Å². The number of nitrogens with zero attached hydrogens (tertiary/aromatic N) is 2. The summed E-state index contributed by atoms with van der Waals surface area (Å²) in [4.78, 5) is 29.4. The molecule has 1 saturated heterocycles. The van der Waals surface area contributed by atoms with Gasteiger partial charge in [0.15, 0.2) is 0 Å². The fourth-order valence-corrected chi connectivity index (χ4v) is 3.67. The van der Waals surface area contributed by atoms with E-state index >= 15 is 0 Å². The van der Waals surface area contributed by atoms with Crippen LogP contribution >= 0.6 is 15.9 Å². The minimum Gasteiger partial charge on any atom is -0.494 e. The number of benzene rings is 2. The van der Waals surface area contributed by atoms with Gasteiger partial charge in [0.05, 0.1) is 6.61 Å². The van der Waals surface area contributed by atoms with Gasteiger partial charge in [0.25, 0.3) is 5.91 Å². The molecule has 3 rings (SSSR count). The summed E-state index contributed by atoms with van der Waals surface area (Å²) in [6.07, 6.45) is 0.319. The van der Waals surface area contributed by atoms with Gasteiger partial charge in [0.2, 0.25) is 5.91 Å². The average Bonchev–Trinajstić information content (AvgIpc) is 2.78. The van der Waals surface area contributed by atoms with E-state index in [-0.39, 0.29) is 11.8 Å². The van der Waals surface area contributed by atoms with Gasteiger partial charge in [-0.15, -0.1) is 0 Å². The Balaban J connectivity index is 1.71. The first kappa shape index (κ1) is 22.3. The molecule has 1 aliphatic rings. The van der Waals surface area contributed by atoms with Crippen LogP contribution < -0.4 is 10.1 Å². The van der Waals surface area contributed by atoms with Gasteiger partial charge in [0.1, 0.15) is 5.75 Å². The van der Waals surface area contributed by atoms with Crippen molar-refractivity contribution < 1.29 is 14.3 Å². The van der Waals surface area contributed by atoms with Crippen LogP contribution in [0.1, 0.15) is 29.3 Å². The fourth-order valence-electron chi connectivity index (χ4n) is 3.41. The van der Waals surface area contributed by atoms with Crippen LogP contribution in [0.2, 0.25) is 0 Å². The number of hydrogen-bond donors (Lipinski definition) is 1. The van der Waals surface area contributed by atoms with Gasteiger partial charge >= 0.3 is 0 Å². The highest BCUT2D eigenvalue weighted by molar-refractivity contribution is 9.10. The van der Waals surface area contributed by atoms with E-state index in [0.29, 0.717) is 31.7 Å². The van der Waals surface area contributed by atoms with Crippen molar-refractivity contribution in [2.45, 2.75) is 19.9 Å². The lowest BCUT2D eigenvalue weighted by Gasteiger charge is -2.29. The van der Waals surface area contributed by atoms with Crippen LogP contribution in [-0.4, -0.2) is 60.9 Å². The molecular weight excluding hydrogens is 446 g/mol. The zero-order chi connectivity index (χ0) is 21.3. The minimum absolute atomic E-state index is 0.0888. The van der Waals surface area contributed by atoms with E-state index in [1.807, 2.05) is 36.1 Å². The molecule has 0 spiro atoms. The van der Waals surface area contributed by atoms with Crippen molar-refractivity contribution in [3.8, 4) is 5.75 Å². The first-order valence-electron chi connectivity index (χ1n) is 10.3. The zero-order valence-electron chi connectivity index (χ0n) is 17.3. The molecule has 1 N–H and O–H groups in total. The van der Waals surface area contributed by atoms with Crippen LogP contribution in [0.15, 0.2) is 53.0 Å². The Labute approximate surface area is 186 Å². The third-order valence-electron chi connectivity index (χ3n) is 5.05. The lowest BCUT2D eigenvalue weighted by Crippen LogP contribution is -2.47. The molecule has 2 amide bonds. The molecule has 160 valence electrons. The highest BCUT2D eigenvalue weighted by Crippen LogP contribution is 2.17. The summed E-state index contributed by atoms with van der Waals surface area (Å²) in [5, 5.41) is 3.25. The number of hydrogen-bond acceptors (Lipinski definition) is 4. The van der Waals surface area contributed by atoms with Crippen LogP contribution in [0.4, 0.5) is 0 Å². The molecule has 7 heteroatoms. The monoisotopic (exact) mass is 473 g/mol. The molecule has 1 aliphatic heterocycles. The summed E-state index contributed by atoms with van der Waals surface area (Å²) in [5.41, 5.74) is 1.61. The van der Waals surface area contributed by atoms with Crippen molar-refractivity contribution in [1.29, 1.82) is 0 Å². The van der Waals surface area contributed by atoms with Crippen molar-refractivity contribution in [2.75, 3.05) is 39.3 Å². The Morgan fingerprint density at radius 3 is 2.37 bits per heavy atom. The average molecular weight is 474 g/mol. The highest BCUT2D eigenvalue weighted by Gasteiger charge is 2.21. The molecule has 1 fully saturated rings. The Morgan fingerprint density at radius 1 is 1.07 bits per heavy atom. The molecule has 0 saturated carbocycles. The molecule has 0 unspecified atom stereocenters. The highest BCUT2D eigenvalue weighted by atomic mass is 79.9. The lowest BCUT2D eigenvalue weighted by molar-refractivity contribution is -0.132. The van der Waals surface area contributed by atoms with E-state index < -0.39 is 0 Å². The Kier molecular flexibility index (Phi) is 8.28. The number of carbonyl (C=O) groups excluding carboxylic acids is 2. The third kappa shape index (κ3) is 6.31. The van der Waals surface area contributed by atoms with E-state index in [0.717, 1.165) is 42.0 Å². The minimum atomic E-state index is -0.0888. The molecule has 6 nitrogen and oxygen atoms in total. The van der Waals surface area contributed by atoms with Gasteiger partial charge in [-0.1, -0.05) is 28.1 Å². The van der Waals surface area contributed by atoms with Crippen molar-refractivity contribution in [3.63, 3.8) is 0 Å². The maximum Gasteiger partial charge on any atom is 0.254 e. The van der Waals surface area contributed by atoms with Crippen LogP contribution in [0, 0.1) is 0 Å². The second kappa shape index (κ2) is 11.1. The van der Waals surface area contributed by atoms with Crippen LogP contribution in [0.5, 0.6) is 5.75 Å². The van der Waals surface area contributed by atoms with E-state index in [1.165, 1.54) is 0 Å². The van der Waals surface area contributed by atoms with Crippen LogP contribution in [0.3, 0.4) is 0 Å². The van der Waals surface area contributed by atoms with E-state index in [1.54, 1.807) is 29.2 Å². The number of ether oxygens (including phenoxy) is 1. The van der Waals surface area contributed by atoms with Gasteiger partial charge in [-0.3, -0.25) is 9.59 Å². The van der Waals surface area contributed by atoms with Crippen LogP contribution in [-0.2, 0) is 11.3 Å². The number of halogens is 1. The first-order chi connectivity index (χ1) is 14.6. The maximum absolute atomic E-state index is 13.2. The molecule has 0 atom stereocenters. The fraction of sp³-hybridized carbons (Fsp3) is 0.391. The molecule has 1 heterocycles. The number of carbonyl (C=O) groups is 2. The molecule has 2 aromatic rings. The largest absolute Gasteiger partial charge is 0.494 e. The van der Waals surface area contributed by atoms with Gasteiger partial charge in [-0.05, 0) is 48.9 Å². The Bertz CT molecular complexity index is 834. The second-order valence-corrected chi connectivity index (χ2v) is 8.11. The van der Waals surface area contributed by atoms with Crippen molar-refractivity contribution in [3.05, 3.63) is 64.1 Å². The van der Waals surface area contributed by atoms with Gasteiger partial charge < -0.3 is 19.9 Å². The Morgan fingerprint density at radius 2 is 1.73 bits per heavy atom. The predicted octanol–water partition coefficient (Wildman–Crippen LogP) is 3.31. The van der Waals surface area contributed by atoms with Crippen molar-refractivity contribution >= 4 is 27.7 Å². The Hall–Kier alpha value is -2.38. The zero-order valence-corrected chi connectivity index (χ0v) is 18.9. The van der Waals surface area contributed by atoms with Crippen molar-refractivity contribution in [2.24, 2.45) is 0 Å². The molecular formula is C23H28BrN3O3. The lowest BCUT2D eigenvalue weighted by atomic mass is 10.1. The summed E-state index contributed by atoms with van der Waals surface area (Å²) in [6.45, 7) is 6.42. The number of nitrogens with one attached hydrogen (secondary N) is 1. The van der Waals surface area contributed by atoms with E-state index in [9.17, 15) is 9.59 Å². The number of rotatable bonds is 8. The summed E-state index contributed by atoms with van der Waals surface area (Å²) in [7, 11) is 0. The summed E-state index contributed by atoms with van der Waals surface area (Å²) in [5.74, 6) is 0.744. The van der Waals surface area contributed by atoms with E-state index in [2.05, 4.69) is 21.2 Å². The molecule has 2 aromatic carbocycles. The summed E-state index contributed by atoms with van der Waals surface area (Å²) in [6, 6.07) is 15.1. The first-order valence-corrected chi connectivity index (χ1v) is 11.1. The topological polar surface area (TPSA) is 61.9 Å². The normalized spacial score (nSPS) is 13.7. The van der Waals surface area contributed by atoms with Gasteiger partial charge in [0, 0.05) is 55.7 Å². The molecule has 0 aromatic heterocycles. The smallest absolute Gasteiger partial charge is 0.254 e.